The minimum absolute atomic E-state index is 0.164. The molecule has 0 aromatic carbocycles. The summed E-state index contributed by atoms with van der Waals surface area (Å²) in [4.78, 5) is 0. The third-order valence-electron chi connectivity index (χ3n) is 2.81. The summed E-state index contributed by atoms with van der Waals surface area (Å²) in [6, 6.07) is 2.20. The summed E-state index contributed by atoms with van der Waals surface area (Å²) in [7, 11) is 1.93. The predicted octanol–water partition coefficient (Wildman–Crippen LogP) is 1.87. The van der Waals surface area contributed by atoms with E-state index in [4.69, 9.17) is 0 Å². The molecule has 4 heteroatoms. The Morgan fingerprint density at radius 3 is 2.59 bits per heavy atom. The van der Waals surface area contributed by atoms with Gasteiger partial charge in [-0.2, -0.15) is 5.10 Å². The lowest BCUT2D eigenvalue weighted by molar-refractivity contribution is 0.117. The van der Waals surface area contributed by atoms with E-state index in [1.54, 1.807) is 6.20 Å². The van der Waals surface area contributed by atoms with Crippen molar-refractivity contribution < 1.29 is 5.11 Å². The number of nitrogens with one attached hydrogen (secondary N) is 1. The van der Waals surface area contributed by atoms with Gasteiger partial charge >= 0.3 is 0 Å². The van der Waals surface area contributed by atoms with E-state index in [1.807, 2.05) is 17.8 Å². The Balaban J connectivity index is 2.39. The van der Waals surface area contributed by atoms with E-state index in [0.29, 0.717) is 6.54 Å². The first-order valence-corrected chi connectivity index (χ1v) is 6.19. The van der Waals surface area contributed by atoms with Crippen molar-refractivity contribution in [3.8, 4) is 0 Å². The number of rotatable bonds is 5. The topological polar surface area (TPSA) is 50.1 Å². The average Bonchev–Trinajstić information content (AvgIpc) is 2.58. The third kappa shape index (κ3) is 4.88. The molecule has 0 amide bonds. The molecule has 0 aliphatic rings. The maximum absolute atomic E-state index is 9.92. The third-order valence-corrected chi connectivity index (χ3v) is 2.81. The molecule has 98 valence electrons. The molecule has 1 aromatic rings. The first-order chi connectivity index (χ1) is 7.79. The molecule has 0 bridgehead atoms. The SMILES string of the molecule is CC(NCC(O)CC(C)(C)C)c1ccnn1C. The fourth-order valence-electron chi connectivity index (χ4n) is 2.01. The van der Waals surface area contributed by atoms with Crippen LogP contribution in [0.25, 0.3) is 0 Å². The normalized spacial score (nSPS) is 15.9. The lowest BCUT2D eigenvalue weighted by Crippen LogP contribution is -2.32. The van der Waals surface area contributed by atoms with Crippen molar-refractivity contribution in [1.82, 2.24) is 15.1 Å². The Hall–Kier alpha value is -0.870. The lowest BCUT2D eigenvalue weighted by Gasteiger charge is -2.24. The van der Waals surface area contributed by atoms with Gasteiger partial charge < -0.3 is 10.4 Å². The Kier molecular flexibility index (Phi) is 4.71. The molecule has 1 rings (SSSR count). The van der Waals surface area contributed by atoms with Crippen LogP contribution >= 0.6 is 0 Å². The minimum Gasteiger partial charge on any atom is -0.392 e. The zero-order valence-electron chi connectivity index (χ0n) is 11.6. The summed E-state index contributed by atoms with van der Waals surface area (Å²) in [5, 5.41) is 17.4. The second-order valence-corrected chi connectivity index (χ2v) is 5.93. The van der Waals surface area contributed by atoms with E-state index in [2.05, 4.69) is 38.1 Å². The van der Waals surface area contributed by atoms with Crippen molar-refractivity contribution >= 4 is 0 Å². The molecule has 2 atom stereocenters. The lowest BCUT2D eigenvalue weighted by atomic mass is 9.89. The van der Waals surface area contributed by atoms with Crippen LogP contribution in [0.3, 0.4) is 0 Å². The minimum atomic E-state index is -0.300. The highest BCUT2D eigenvalue weighted by Gasteiger charge is 2.17. The molecule has 0 spiro atoms. The molecule has 2 N–H and O–H groups in total. The monoisotopic (exact) mass is 239 g/mol. The summed E-state index contributed by atoms with van der Waals surface area (Å²) in [6.45, 7) is 9.12. The second-order valence-electron chi connectivity index (χ2n) is 5.93. The van der Waals surface area contributed by atoms with E-state index in [9.17, 15) is 5.11 Å². The van der Waals surface area contributed by atoms with E-state index >= 15 is 0 Å². The van der Waals surface area contributed by atoms with Crippen LogP contribution in [0.1, 0.15) is 45.9 Å². The van der Waals surface area contributed by atoms with Crippen LogP contribution in [0.5, 0.6) is 0 Å². The van der Waals surface area contributed by atoms with Gasteiger partial charge in [0.1, 0.15) is 0 Å². The molecule has 17 heavy (non-hydrogen) atoms. The number of nitrogens with zero attached hydrogens (tertiary/aromatic N) is 2. The van der Waals surface area contributed by atoms with E-state index in [0.717, 1.165) is 12.1 Å². The Morgan fingerprint density at radius 2 is 2.12 bits per heavy atom. The van der Waals surface area contributed by atoms with Crippen molar-refractivity contribution in [3.05, 3.63) is 18.0 Å². The Bertz CT molecular complexity index is 341. The van der Waals surface area contributed by atoms with Crippen molar-refractivity contribution in [3.63, 3.8) is 0 Å². The number of aryl methyl sites for hydroxylation is 1. The predicted molar refractivity (Wildman–Crippen MR) is 69.7 cm³/mol. The van der Waals surface area contributed by atoms with E-state index in [1.165, 1.54) is 0 Å². The van der Waals surface area contributed by atoms with Crippen LogP contribution in [-0.2, 0) is 7.05 Å². The molecule has 0 saturated carbocycles. The second kappa shape index (κ2) is 5.65. The summed E-state index contributed by atoms with van der Waals surface area (Å²) >= 11 is 0. The van der Waals surface area contributed by atoms with Gasteiger partial charge in [-0.1, -0.05) is 20.8 Å². The van der Waals surface area contributed by atoms with Gasteiger partial charge in [-0.25, -0.2) is 0 Å². The molecular formula is C13H25N3O. The number of hydrogen-bond donors (Lipinski definition) is 2. The van der Waals surface area contributed by atoms with Gasteiger partial charge in [-0.3, -0.25) is 4.68 Å². The summed E-state index contributed by atoms with van der Waals surface area (Å²) in [6.07, 6.45) is 2.29. The maximum Gasteiger partial charge on any atom is 0.0669 e. The van der Waals surface area contributed by atoms with Crippen molar-refractivity contribution in [2.45, 2.75) is 46.3 Å². The van der Waals surface area contributed by atoms with Crippen LogP contribution in [0.15, 0.2) is 12.3 Å². The van der Waals surface area contributed by atoms with Crippen LogP contribution in [0, 0.1) is 5.41 Å². The highest BCUT2D eigenvalue weighted by molar-refractivity contribution is 5.05. The quantitative estimate of drug-likeness (QED) is 0.824. The van der Waals surface area contributed by atoms with E-state index < -0.39 is 0 Å². The largest absolute Gasteiger partial charge is 0.392 e. The van der Waals surface area contributed by atoms with Gasteiger partial charge in [0.25, 0.3) is 0 Å². The van der Waals surface area contributed by atoms with Crippen LogP contribution in [0.4, 0.5) is 0 Å². The van der Waals surface area contributed by atoms with Crippen LogP contribution in [0.2, 0.25) is 0 Å². The van der Waals surface area contributed by atoms with Gasteiger partial charge in [-0.15, -0.1) is 0 Å². The zero-order valence-corrected chi connectivity index (χ0v) is 11.6. The standard InChI is InChI=1S/C13H25N3O/c1-10(12-6-7-15-16(12)5)14-9-11(17)8-13(2,3)4/h6-7,10-11,14,17H,8-9H2,1-5H3. The van der Waals surface area contributed by atoms with Crippen molar-refractivity contribution in [1.29, 1.82) is 0 Å². The van der Waals surface area contributed by atoms with Gasteiger partial charge in [0, 0.05) is 25.8 Å². The number of aromatic nitrogens is 2. The molecule has 2 unspecified atom stereocenters. The summed E-state index contributed by atoms with van der Waals surface area (Å²) in [5.41, 5.74) is 1.30. The van der Waals surface area contributed by atoms with Crippen LogP contribution < -0.4 is 5.32 Å². The molecular weight excluding hydrogens is 214 g/mol. The maximum atomic E-state index is 9.92. The number of aliphatic hydroxyl groups excluding tert-OH is 1. The van der Waals surface area contributed by atoms with Gasteiger partial charge in [0.15, 0.2) is 0 Å². The Labute approximate surface area is 104 Å². The average molecular weight is 239 g/mol. The summed E-state index contributed by atoms with van der Waals surface area (Å²) in [5.74, 6) is 0. The molecule has 0 fully saturated rings. The van der Waals surface area contributed by atoms with Gasteiger partial charge in [0.05, 0.1) is 11.8 Å². The smallest absolute Gasteiger partial charge is 0.0669 e. The van der Waals surface area contributed by atoms with Gasteiger partial charge in [0.2, 0.25) is 0 Å². The van der Waals surface area contributed by atoms with Crippen molar-refractivity contribution in [2.75, 3.05) is 6.54 Å². The van der Waals surface area contributed by atoms with Crippen LogP contribution in [-0.4, -0.2) is 27.5 Å². The number of hydrogen-bond acceptors (Lipinski definition) is 3. The summed E-state index contributed by atoms with van der Waals surface area (Å²) < 4.78 is 1.85. The zero-order chi connectivity index (χ0) is 13.1. The molecule has 0 aliphatic carbocycles. The Morgan fingerprint density at radius 1 is 1.47 bits per heavy atom. The highest BCUT2D eigenvalue weighted by Crippen LogP contribution is 2.20. The number of aliphatic hydroxyl groups is 1. The highest BCUT2D eigenvalue weighted by atomic mass is 16.3. The van der Waals surface area contributed by atoms with Gasteiger partial charge in [-0.05, 0) is 24.8 Å². The molecule has 0 saturated heterocycles. The first-order valence-electron chi connectivity index (χ1n) is 6.19. The molecule has 0 aliphatic heterocycles. The molecule has 1 aromatic heterocycles. The van der Waals surface area contributed by atoms with Crippen molar-refractivity contribution in [2.24, 2.45) is 12.5 Å². The molecule has 4 nitrogen and oxygen atoms in total. The van der Waals surface area contributed by atoms with E-state index in [-0.39, 0.29) is 17.6 Å². The molecule has 0 radical (unpaired) electrons. The first kappa shape index (κ1) is 14.2. The fourth-order valence-corrected chi connectivity index (χ4v) is 2.01. The molecule has 1 heterocycles. The fraction of sp³-hybridized carbons (Fsp3) is 0.769.